The van der Waals surface area contributed by atoms with Gasteiger partial charge >= 0.3 is 5.97 Å². The quantitative estimate of drug-likeness (QED) is 0.332. The molecule has 5 nitrogen and oxygen atoms in total. The van der Waals surface area contributed by atoms with E-state index in [2.05, 4.69) is 4.90 Å². The number of hydrogen-bond acceptors (Lipinski definition) is 5. The monoisotopic (exact) mass is 455 g/mol. The van der Waals surface area contributed by atoms with Crippen molar-refractivity contribution in [3.63, 3.8) is 0 Å². The maximum Gasteiger partial charge on any atom is 0.336 e. The summed E-state index contributed by atoms with van der Waals surface area (Å²) in [4.78, 5) is 26.9. The van der Waals surface area contributed by atoms with Crippen molar-refractivity contribution < 1.29 is 19.1 Å². The van der Waals surface area contributed by atoms with Gasteiger partial charge in [-0.05, 0) is 86.5 Å². The molecule has 1 fully saturated rings. The van der Waals surface area contributed by atoms with Gasteiger partial charge in [0.05, 0.1) is 7.11 Å². The minimum absolute atomic E-state index is 0. The number of carbonyl (C=O) groups is 2. The van der Waals surface area contributed by atoms with Crippen molar-refractivity contribution in [2.24, 2.45) is 5.92 Å². The van der Waals surface area contributed by atoms with Crippen LogP contribution in [-0.2, 0) is 9.59 Å². The summed E-state index contributed by atoms with van der Waals surface area (Å²) in [6.45, 7) is 0.787. The second kappa shape index (κ2) is 12.2. The second-order valence-electron chi connectivity index (χ2n) is 7.98. The molecule has 0 aliphatic heterocycles. The zero-order chi connectivity index (χ0) is 22.2. The highest BCUT2D eigenvalue weighted by atomic mass is 35.5. The molecular weight excluding hydrogens is 426 g/mol. The Labute approximate surface area is 196 Å². The number of Topliss-reactive ketones (excluding diaryl/α,β-unsaturated/α-hetero) is 1. The number of esters is 1. The molecule has 2 aromatic rings. The van der Waals surface area contributed by atoms with E-state index in [1.54, 1.807) is 25.3 Å². The molecule has 0 bridgehead atoms. The third-order valence-electron chi connectivity index (χ3n) is 5.24. The molecule has 0 radical (unpaired) electrons. The van der Waals surface area contributed by atoms with Crippen LogP contribution in [0.5, 0.6) is 11.5 Å². The van der Waals surface area contributed by atoms with Crippen LogP contribution in [0.2, 0.25) is 0 Å². The van der Waals surface area contributed by atoms with E-state index in [1.807, 2.05) is 56.6 Å². The third-order valence-corrected chi connectivity index (χ3v) is 5.24. The first-order valence-electron chi connectivity index (χ1n) is 10.5. The van der Waals surface area contributed by atoms with Gasteiger partial charge in [0.1, 0.15) is 11.5 Å². The summed E-state index contributed by atoms with van der Waals surface area (Å²) in [6, 6.07) is 14.6. The van der Waals surface area contributed by atoms with Gasteiger partial charge in [0.15, 0.2) is 5.78 Å². The van der Waals surface area contributed by atoms with E-state index in [0.29, 0.717) is 5.75 Å². The summed E-state index contributed by atoms with van der Waals surface area (Å²) in [5, 5.41) is 0. The van der Waals surface area contributed by atoms with Crippen LogP contribution < -0.4 is 9.47 Å². The van der Waals surface area contributed by atoms with E-state index < -0.39 is 5.97 Å². The van der Waals surface area contributed by atoms with Gasteiger partial charge in [0.2, 0.25) is 0 Å². The molecule has 0 N–H and O–H groups in total. The first-order valence-corrected chi connectivity index (χ1v) is 10.5. The standard InChI is InChI=1S/C26H29NO4.ClH/c1-27(2)18-22-6-4-5-21(26(22)29)17-20-9-14-24(15-10-20)31-25(28)16-11-19-7-12-23(30-3)13-8-19;/h7-17,22H,4-6,18H2,1-3H3;1H/b16-11+,21-17+;. The van der Waals surface area contributed by atoms with Crippen LogP contribution >= 0.6 is 12.4 Å². The molecule has 32 heavy (non-hydrogen) atoms. The number of methoxy groups -OCH3 is 1. The normalized spacial score (nSPS) is 17.4. The molecule has 170 valence electrons. The molecule has 1 saturated carbocycles. The number of rotatable bonds is 7. The Bertz CT molecular complexity index is 962. The summed E-state index contributed by atoms with van der Waals surface area (Å²) < 4.78 is 10.5. The molecule has 1 aliphatic carbocycles. The number of hydrogen-bond donors (Lipinski definition) is 0. The van der Waals surface area contributed by atoms with Crippen molar-refractivity contribution >= 4 is 36.3 Å². The predicted molar refractivity (Wildman–Crippen MR) is 130 cm³/mol. The zero-order valence-electron chi connectivity index (χ0n) is 18.7. The third kappa shape index (κ3) is 7.36. The number of benzene rings is 2. The lowest BCUT2D eigenvalue weighted by molar-refractivity contribution is -0.129. The lowest BCUT2D eigenvalue weighted by Gasteiger charge is -2.25. The van der Waals surface area contributed by atoms with Gasteiger partial charge < -0.3 is 14.4 Å². The van der Waals surface area contributed by atoms with Crippen molar-refractivity contribution in [1.82, 2.24) is 4.90 Å². The smallest absolute Gasteiger partial charge is 0.336 e. The van der Waals surface area contributed by atoms with Crippen molar-refractivity contribution in [3.05, 3.63) is 71.3 Å². The van der Waals surface area contributed by atoms with Crippen LogP contribution in [0.25, 0.3) is 12.2 Å². The maximum absolute atomic E-state index is 12.7. The Balaban J connectivity index is 0.00000363. The zero-order valence-corrected chi connectivity index (χ0v) is 19.6. The summed E-state index contributed by atoms with van der Waals surface area (Å²) in [7, 11) is 5.60. The number of carbonyl (C=O) groups excluding carboxylic acids is 2. The minimum Gasteiger partial charge on any atom is -0.497 e. The van der Waals surface area contributed by atoms with Crippen molar-refractivity contribution in [2.45, 2.75) is 19.3 Å². The van der Waals surface area contributed by atoms with Crippen molar-refractivity contribution in [3.8, 4) is 11.5 Å². The average molecular weight is 456 g/mol. The minimum atomic E-state index is -0.448. The van der Waals surface area contributed by atoms with E-state index in [-0.39, 0.29) is 24.1 Å². The molecule has 6 heteroatoms. The molecular formula is C26H30ClNO4. The van der Waals surface area contributed by atoms with Gasteiger partial charge in [0.25, 0.3) is 0 Å². The highest BCUT2D eigenvalue weighted by Crippen LogP contribution is 2.27. The van der Waals surface area contributed by atoms with E-state index in [4.69, 9.17) is 9.47 Å². The number of nitrogens with zero attached hydrogens (tertiary/aromatic N) is 1. The van der Waals surface area contributed by atoms with E-state index in [0.717, 1.165) is 48.3 Å². The predicted octanol–water partition coefficient (Wildman–Crippen LogP) is 5.05. The van der Waals surface area contributed by atoms with Crippen LogP contribution in [0.3, 0.4) is 0 Å². The number of ether oxygens (including phenoxy) is 2. The largest absolute Gasteiger partial charge is 0.497 e. The van der Waals surface area contributed by atoms with Crippen LogP contribution in [0, 0.1) is 5.92 Å². The van der Waals surface area contributed by atoms with Gasteiger partial charge in [-0.25, -0.2) is 4.79 Å². The van der Waals surface area contributed by atoms with Crippen molar-refractivity contribution in [2.75, 3.05) is 27.7 Å². The van der Waals surface area contributed by atoms with Gasteiger partial charge in [-0.3, -0.25) is 4.79 Å². The molecule has 1 atom stereocenters. The Morgan fingerprint density at radius 1 is 1.03 bits per heavy atom. The Kier molecular flexibility index (Phi) is 9.69. The SMILES string of the molecule is COc1ccc(/C=C/C(=O)Oc2ccc(/C=C3\CCCC(CN(C)C)C3=O)cc2)cc1.Cl. The van der Waals surface area contributed by atoms with Gasteiger partial charge in [-0.1, -0.05) is 24.3 Å². The molecule has 0 aromatic heterocycles. The molecule has 0 heterocycles. The molecule has 2 aromatic carbocycles. The topological polar surface area (TPSA) is 55.8 Å². The molecule has 1 aliphatic rings. The molecule has 0 spiro atoms. The molecule has 0 saturated heterocycles. The Hall–Kier alpha value is -2.89. The number of ketones is 1. The van der Waals surface area contributed by atoms with Crippen LogP contribution in [-0.4, -0.2) is 44.4 Å². The Morgan fingerprint density at radius 3 is 2.28 bits per heavy atom. The van der Waals surface area contributed by atoms with Gasteiger partial charge in [-0.2, -0.15) is 0 Å². The maximum atomic E-state index is 12.7. The molecule has 3 rings (SSSR count). The van der Waals surface area contributed by atoms with Crippen LogP contribution in [0.4, 0.5) is 0 Å². The summed E-state index contributed by atoms with van der Waals surface area (Å²) in [5.41, 5.74) is 2.69. The van der Waals surface area contributed by atoms with Crippen LogP contribution in [0.15, 0.2) is 60.2 Å². The van der Waals surface area contributed by atoms with E-state index in [1.165, 1.54) is 6.08 Å². The van der Waals surface area contributed by atoms with E-state index in [9.17, 15) is 9.59 Å². The average Bonchev–Trinajstić information content (AvgIpc) is 2.76. The van der Waals surface area contributed by atoms with Gasteiger partial charge in [-0.15, -0.1) is 12.4 Å². The van der Waals surface area contributed by atoms with Gasteiger partial charge in [0, 0.05) is 18.5 Å². The summed E-state index contributed by atoms with van der Waals surface area (Å²) >= 11 is 0. The second-order valence-corrected chi connectivity index (χ2v) is 7.98. The number of allylic oxidation sites excluding steroid dienone is 1. The highest BCUT2D eigenvalue weighted by molar-refractivity contribution is 6.01. The lowest BCUT2D eigenvalue weighted by atomic mass is 9.83. The van der Waals surface area contributed by atoms with Crippen LogP contribution in [0.1, 0.15) is 30.4 Å². The summed E-state index contributed by atoms with van der Waals surface area (Å²) in [5.74, 6) is 1.10. The lowest BCUT2D eigenvalue weighted by Crippen LogP contribution is -2.31. The van der Waals surface area contributed by atoms with E-state index >= 15 is 0 Å². The fourth-order valence-corrected chi connectivity index (χ4v) is 3.68. The first-order chi connectivity index (χ1) is 14.9. The fraction of sp³-hybridized carbons (Fsp3) is 0.308. The number of halogens is 1. The van der Waals surface area contributed by atoms with Crippen molar-refractivity contribution in [1.29, 1.82) is 0 Å². The summed E-state index contributed by atoms with van der Waals surface area (Å²) in [6.07, 6.45) is 7.84. The molecule has 0 amide bonds. The Morgan fingerprint density at radius 2 is 1.66 bits per heavy atom. The fourth-order valence-electron chi connectivity index (χ4n) is 3.68. The highest BCUT2D eigenvalue weighted by Gasteiger charge is 2.26. The molecule has 1 unspecified atom stereocenters. The first kappa shape index (κ1) is 25.4.